The number of sulfonamides is 1. The van der Waals surface area contributed by atoms with Crippen molar-refractivity contribution < 1.29 is 13.2 Å². The summed E-state index contributed by atoms with van der Waals surface area (Å²) in [5.41, 5.74) is 1.35. The van der Waals surface area contributed by atoms with Crippen LogP contribution in [0.1, 0.15) is 11.1 Å². The second kappa shape index (κ2) is 7.08. The van der Waals surface area contributed by atoms with E-state index in [0.29, 0.717) is 22.4 Å². The lowest BCUT2D eigenvalue weighted by atomic mass is 10.1. The van der Waals surface area contributed by atoms with Crippen molar-refractivity contribution in [2.45, 2.75) is 12.3 Å². The average molecular weight is 358 g/mol. The molecule has 0 spiro atoms. The molecular formula is C18H18N2O4S. The molecule has 0 aliphatic rings. The van der Waals surface area contributed by atoms with Gasteiger partial charge in [0, 0.05) is 18.2 Å². The Labute approximate surface area is 145 Å². The van der Waals surface area contributed by atoms with Crippen LogP contribution in [0.2, 0.25) is 0 Å². The topological polar surface area (TPSA) is 88.3 Å². The zero-order chi connectivity index (χ0) is 17.9. The molecule has 0 saturated heterocycles. The number of ether oxygens (including phenoxy) is 1. The van der Waals surface area contributed by atoms with E-state index in [4.69, 9.17) is 4.74 Å². The summed E-state index contributed by atoms with van der Waals surface area (Å²) in [6.07, 6.45) is 0. The Hall–Kier alpha value is -2.64. The van der Waals surface area contributed by atoms with Gasteiger partial charge in [0.2, 0.25) is 10.0 Å². The SMILES string of the molecule is COc1ccc2cc(CNS(=O)(=O)Cc3ccccc3)c(=O)[nH]c2c1. The maximum absolute atomic E-state index is 12.2. The zero-order valence-electron chi connectivity index (χ0n) is 13.7. The molecule has 0 aliphatic carbocycles. The number of fused-ring (bicyclic) bond motifs is 1. The molecule has 0 radical (unpaired) electrons. The van der Waals surface area contributed by atoms with Crippen LogP contribution in [0.3, 0.4) is 0 Å². The van der Waals surface area contributed by atoms with Crippen LogP contribution >= 0.6 is 0 Å². The van der Waals surface area contributed by atoms with Gasteiger partial charge in [0.25, 0.3) is 5.56 Å². The van der Waals surface area contributed by atoms with Crippen molar-refractivity contribution in [1.82, 2.24) is 9.71 Å². The molecule has 0 saturated carbocycles. The lowest BCUT2D eigenvalue weighted by molar-refractivity contribution is 0.415. The van der Waals surface area contributed by atoms with Gasteiger partial charge in [0.1, 0.15) is 5.75 Å². The monoisotopic (exact) mass is 358 g/mol. The minimum Gasteiger partial charge on any atom is -0.497 e. The summed E-state index contributed by atoms with van der Waals surface area (Å²) < 4.78 is 32.0. The van der Waals surface area contributed by atoms with Gasteiger partial charge in [-0.15, -0.1) is 0 Å². The van der Waals surface area contributed by atoms with Crippen molar-refractivity contribution in [3.63, 3.8) is 0 Å². The van der Waals surface area contributed by atoms with Gasteiger partial charge in [-0.2, -0.15) is 0 Å². The maximum atomic E-state index is 12.2. The highest BCUT2D eigenvalue weighted by molar-refractivity contribution is 7.88. The van der Waals surface area contributed by atoms with Crippen LogP contribution in [-0.2, 0) is 22.3 Å². The Morgan fingerprint density at radius 1 is 1.08 bits per heavy atom. The van der Waals surface area contributed by atoms with Gasteiger partial charge >= 0.3 is 0 Å². The molecule has 7 heteroatoms. The number of hydrogen-bond acceptors (Lipinski definition) is 4. The van der Waals surface area contributed by atoms with Crippen LogP contribution in [0.5, 0.6) is 5.75 Å². The number of benzene rings is 2. The summed E-state index contributed by atoms with van der Waals surface area (Å²) in [5.74, 6) is 0.510. The number of aromatic amines is 1. The van der Waals surface area contributed by atoms with Gasteiger partial charge in [0.15, 0.2) is 0 Å². The van der Waals surface area contributed by atoms with Crippen molar-refractivity contribution in [3.8, 4) is 5.75 Å². The number of rotatable bonds is 6. The average Bonchev–Trinajstić information content (AvgIpc) is 2.60. The Kier molecular flexibility index (Phi) is 4.87. The van der Waals surface area contributed by atoms with Crippen LogP contribution in [0.25, 0.3) is 10.9 Å². The lowest BCUT2D eigenvalue weighted by Gasteiger charge is -2.08. The molecule has 130 valence electrons. The summed E-state index contributed by atoms with van der Waals surface area (Å²) >= 11 is 0. The van der Waals surface area contributed by atoms with Gasteiger partial charge < -0.3 is 9.72 Å². The number of aromatic nitrogens is 1. The molecule has 6 nitrogen and oxygen atoms in total. The van der Waals surface area contributed by atoms with E-state index in [1.807, 2.05) is 12.1 Å². The fourth-order valence-electron chi connectivity index (χ4n) is 2.52. The van der Waals surface area contributed by atoms with Crippen molar-refractivity contribution in [1.29, 1.82) is 0 Å². The number of methoxy groups -OCH3 is 1. The third kappa shape index (κ3) is 4.26. The first-order valence-corrected chi connectivity index (χ1v) is 9.33. The summed E-state index contributed by atoms with van der Waals surface area (Å²) in [4.78, 5) is 14.9. The number of nitrogens with one attached hydrogen (secondary N) is 2. The summed E-state index contributed by atoms with van der Waals surface area (Å²) in [7, 11) is -1.99. The number of H-pyrrole nitrogens is 1. The molecule has 3 aromatic rings. The first kappa shape index (κ1) is 17.2. The first-order valence-electron chi connectivity index (χ1n) is 7.68. The molecule has 0 fully saturated rings. The molecule has 3 rings (SSSR count). The molecule has 0 bridgehead atoms. The second-order valence-corrected chi connectivity index (χ2v) is 7.45. The fraction of sp³-hybridized carbons (Fsp3) is 0.167. The van der Waals surface area contributed by atoms with E-state index < -0.39 is 10.0 Å². The second-order valence-electron chi connectivity index (χ2n) is 5.64. The third-order valence-electron chi connectivity index (χ3n) is 3.81. The van der Waals surface area contributed by atoms with E-state index >= 15 is 0 Å². The minimum atomic E-state index is -3.54. The van der Waals surface area contributed by atoms with Crippen LogP contribution in [-0.4, -0.2) is 20.5 Å². The van der Waals surface area contributed by atoms with Gasteiger partial charge in [0.05, 0.1) is 18.4 Å². The summed E-state index contributed by atoms with van der Waals surface area (Å²) in [6.45, 7) is -0.0630. The first-order chi connectivity index (χ1) is 12.0. The highest BCUT2D eigenvalue weighted by atomic mass is 32.2. The summed E-state index contributed by atoms with van der Waals surface area (Å²) in [5, 5.41) is 0.803. The maximum Gasteiger partial charge on any atom is 0.252 e. The Morgan fingerprint density at radius 2 is 1.84 bits per heavy atom. The molecule has 0 unspecified atom stereocenters. The van der Waals surface area contributed by atoms with E-state index in [9.17, 15) is 13.2 Å². The van der Waals surface area contributed by atoms with E-state index in [0.717, 1.165) is 5.39 Å². The Balaban J connectivity index is 1.78. The van der Waals surface area contributed by atoms with Crippen molar-refractivity contribution in [3.05, 3.63) is 76.1 Å². The molecule has 1 aromatic heterocycles. The Morgan fingerprint density at radius 3 is 2.56 bits per heavy atom. The van der Waals surface area contributed by atoms with E-state index in [1.54, 1.807) is 49.6 Å². The zero-order valence-corrected chi connectivity index (χ0v) is 14.5. The molecule has 0 amide bonds. The predicted octanol–water partition coefficient (Wildman–Crippen LogP) is 2.16. The number of pyridine rings is 1. The lowest BCUT2D eigenvalue weighted by Crippen LogP contribution is -2.28. The van der Waals surface area contributed by atoms with Crippen LogP contribution in [0, 0.1) is 0 Å². The van der Waals surface area contributed by atoms with Gasteiger partial charge in [-0.3, -0.25) is 4.79 Å². The minimum absolute atomic E-state index is 0.0630. The number of hydrogen-bond donors (Lipinski definition) is 2. The van der Waals surface area contributed by atoms with Crippen molar-refractivity contribution in [2.75, 3.05) is 7.11 Å². The molecule has 1 heterocycles. The van der Waals surface area contributed by atoms with Crippen LogP contribution < -0.4 is 15.0 Å². The van der Waals surface area contributed by atoms with Crippen molar-refractivity contribution >= 4 is 20.9 Å². The van der Waals surface area contributed by atoms with E-state index in [1.165, 1.54) is 0 Å². The third-order valence-corrected chi connectivity index (χ3v) is 5.11. The predicted molar refractivity (Wildman–Crippen MR) is 97.0 cm³/mol. The molecule has 25 heavy (non-hydrogen) atoms. The van der Waals surface area contributed by atoms with E-state index in [-0.39, 0.29) is 17.9 Å². The van der Waals surface area contributed by atoms with Gasteiger partial charge in [-0.1, -0.05) is 30.3 Å². The largest absolute Gasteiger partial charge is 0.497 e. The van der Waals surface area contributed by atoms with Crippen LogP contribution in [0.15, 0.2) is 59.4 Å². The van der Waals surface area contributed by atoms with Crippen LogP contribution in [0.4, 0.5) is 0 Å². The Bertz CT molecular complexity index is 1040. The molecule has 2 N–H and O–H groups in total. The standard InChI is InChI=1S/C18H18N2O4S/c1-24-16-8-7-14-9-15(18(21)20-17(14)10-16)11-19-25(22,23)12-13-5-3-2-4-6-13/h2-10,19H,11-12H2,1H3,(H,20,21). The molecule has 0 aliphatic heterocycles. The fourth-order valence-corrected chi connectivity index (χ4v) is 3.62. The van der Waals surface area contributed by atoms with Gasteiger partial charge in [-0.05, 0) is 29.1 Å². The van der Waals surface area contributed by atoms with E-state index in [2.05, 4.69) is 9.71 Å². The molecule has 0 atom stereocenters. The smallest absolute Gasteiger partial charge is 0.252 e. The van der Waals surface area contributed by atoms with Gasteiger partial charge in [-0.25, -0.2) is 13.1 Å². The molecular weight excluding hydrogens is 340 g/mol. The highest BCUT2D eigenvalue weighted by Crippen LogP contribution is 2.18. The molecule has 2 aromatic carbocycles. The summed E-state index contributed by atoms with van der Waals surface area (Å²) in [6, 6.07) is 15.9. The normalized spacial score (nSPS) is 11.6. The van der Waals surface area contributed by atoms with Crippen molar-refractivity contribution in [2.24, 2.45) is 0 Å². The quantitative estimate of drug-likeness (QED) is 0.707. The highest BCUT2D eigenvalue weighted by Gasteiger charge is 2.13.